The molecule has 0 bridgehead atoms. The molecule has 10 heavy (non-hydrogen) atoms. The Balaban J connectivity index is 2.28. The van der Waals surface area contributed by atoms with Gasteiger partial charge in [0.15, 0.2) is 0 Å². The second-order valence-corrected chi connectivity index (χ2v) is 3.53. The van der Waals surface area contributed by atoms with Crippen LogP contribution in [0.5, 0.6) is 0 Å². The van der Waals surface area contributed by atoms with Gasteiger partial charge in [-0.1, -0.05) is 0 Å². The Bertz CT molecular complexity index is 199. The molecule has 1 aliphatic heterocycles. The van der Waals surface area contributed by atoms with Gasteiger partial charge in [-0.2, -0.15) is 0 Å². The minimum absolute atomic E-state index is 1.09. The lowest BCUT2D eigenvalue weighted by Crippen LogP contribution is -1.96. The van der Waals surface area contributed by atoms with Crippen molar-refractivity contribution in [3.8, 4) is 0 Å². The topological polar surface area (TPSA) is 17.8 Å². The van der Waals surface area contributed by atoms with Crippen LogP contribution in [0, 0.1) is 0 Å². The molecular weight excluding hydrogens is 144 g/mol. The maximum Gasteiger partial charge on any atom is 0.109 e. The highest BCUT2D eigenvalue weighted by Gasteiger charge is 2.05. The smallest absolute Gasteiger partial charge is 0.109 e. The van der Waals surface area contributed by atoms with Crippen LogP contribution in [-0.4, -0.2) is 15.3 Å². The van der Waals surface area contributed by atoms with Crippen molar-refractivity contribution in [2.75, 3.05) is 5.75 Å². The lowest BCUT2D eigenvalue weighted by Gasteiger charge is -1.98. The zero-order chi connectivity index (χ0) is 6.81. The Hall–Kier alpha value is -0.440. The van der Waals surface area contributed by atoms with E-state index in [-0.39, 0.29) is 0 Å². The molecule has 0 radical (unpaired) electrons. The fraction of sp³-hybridized carbons (Fsp3) is 0.571. The number of rotatable bonds is 0. The summed E-state index contributed by atoms with van der Waals surface area (Å²) in [6.07, 6.45) is 6.39. The van der Waals surface area contributed by atoms with Gasteiger partial charge in [0.25, 0.3) is 0 Å². The van der Waals surface area contributed by atoms with Crippen LogP contribution in [-0.2, 0) is 12.3 Å². The molecule has 1 aliphatic rings. The van der Waals surface area contributed by atoms with Crippen LogP contribution in [0.3, 0.4) is 0 Å². The minimum Gasteiger partial charge on any atom is -0.325 e. The summed E-state index contributed by atoms with van der Waals surface area (Å²) in [6.45, 7) is 0. The van der Waals surface area contributed by atoms with E-state index in [2.05, 4.69) is 15.7 Å². The minimum atomic E-state index is 1.09. The Labute approximate surface area is 64.6 Å². The van der Waals surface area contributed by atoms with Crippen LogP contribution in [0.25, 0.3) is 0 Å². The molecule has 0 unspecified atom stereocenters. The maximum atomic E-state index is 4.27. The van der Waals surface area contributed by atoms with E-state index in [1.54, 1.807) is 0 Å². The van der Waals surface area contributed by atoms with Crippen LogP contribution in [0.15, 0.2) is 12.4 Å². The molecule has 2 rings (SSSR count). The molecule has 2 nitrogen and oxygen atoms in total. The van der Waals surface area contributed by atoms with Gasteiger partial charge in [-0.25, -0.2) is 4.98 Å². The summed E-state index contributed by atoms with van der Waals surface area (Å²) < 4.78 is 2.23. The molecule has 1 aromatic rings. The van der Waals surface area contributed by atoms with Crippen molar-refractivity contribution >= 4 is 11.8 Å². The van der Waals surface area contributed by atoms with Crippen LogP contribution >= 0.6 is 11.8 Å². The van der Waals surface area contributed by atoms with Gasteiger partial charge in [-0.15, -0.1) is 11.8 Å². The third kappa shape index (κ3) is 1.06. The molecule has 0 saturated heterocycles. The van der Waals surface area contributed by atoms with E-state index in [9.17, 15) is 0 Å². The lowest BCUT2D eigenvalue weighted by atomic mass is 10.3. The summed E-state index contributed by atoms with van der Waals surface area (Å²) >= 11 is 1.99. The molecule has 3 heteroatoms. The number of fused-ring (bicyclic) bond motifs is 1. The first-order valence-electron chi connectivity index (χ1n) is 3.54. The van der Waals surface area contributed by atoms with Crippen molar-refractivity contribution in [3.63, 3.8) is 0 Å². The first-order chi connectivity index (χ1) is 4.97. The van der Waals surface area contributed by atoms with Gasteiger partial charge in [-0.05, 0) is 12.2 Å². The number of thioether (sulfide) groups is 1. The Morgan fingerprint density at radius 2 is 2.60 bits per heavy atom. The van der Waals surface area contributed by atoms with Gasteiger partial charge < -0.3 is 4.57 Å². The molecule has 2 heterocycles. The first-order valence-corrected chi connectivity index (χ1v) is 4.70. The largest absolute Gasteiger partial charge is 0.325 e. The molecule has 0 atom stereocenters. The molecule has 54 valence electrons. The van der Waals surface area contributed by atoms with Crippen molar-refractivity contribution in [2.45, 2.75) is 18.7 Å². The molecule has 0 spiro atoms. The highest BCUT2D eigenvalue weighted by Crippen LogP contribution is 2.15. The molecule has 0 N–H and O–H groups in total. The third-order valence-electron chi connectivity index (χ3n) is 1.72. The molecule has 0 aromatic carbocycles. The predicted molar refractivity (Wildman–Crippen MR) is 43.0 cm³/mol. The van der Waals surface area contributed by atoms with E-state index in [0.717, 1.165) is 12.3 Å². The quantitative estimate of drug-likeness (QED) is 0.564. The first kappa shape index (κ1) is 6.28. The molecule has 0 aliphatic carbocycles. The van der Waals surface area contributed by atoms with Gasteiger partial charge in [0.1, 0.15) is 5.82 Å². The van der Waals surface area contributed by atoms with Crippen LogP contribution < -0.4 is 0 Å². The van der Waals surface area contributed by atoms with Gasteiger partial charge in [0.2, 0.25) is 0 Å². The fourth-order valence-electron chi connectivity index (χ4n) is 1.18. The van der Waals surface area contributed by atoms with Crippen LogP contribution in [0.4, 0.5) is 0 Å². The summed E-state index contributed by atoms with van der Waals surface area (Å²) in [5.41, 5.74) is 0. The van der Waals surface area contributed by atoms with E-state index < -0.39 is 0 Å². The molecular formula is C7H10N2S. The summed E-state index contributed by atoms with van der Waals surface area (Å²) in [7, 11) is 0. The summed E-state index contributed by atoms with van der Waals surface area (Å²) in [5, 5.41) is 0. The van der Waals surface area contributed by atoms with Gasteiger partial charge in [0.05, 0.1) is 5.88 Å². The Morgan fingerprint density at radius 3 is 3.60 bits per heavy atom. The zero-order valence-electron chi connectivity index (χ0n) is 5.79. The monoisotopic (exact) mass is 154 g/mol. The average molecular weight is 154 g/mol. The zero-order valence-corrected chi connectivity index (χ0v) is 6.60. The van der Waals surface area contributed by atoms with Crippen LogP contribution in [0.2, 0.25) is 0 Å². The summed E-state index contributed by atoms with van der Waals surface area (Å²) in [4.78, 5) is 4.27. The Kier molecular flexibility index (Phi) is 1.67. The van der Waals surface area contributed by atoms with E-state index in [1.165, 1.54) is 18.0 Å². The van der Waals surface area contributed by atoms with Crippen molar-refractivity contribution in [2.24, 2.45) is 0 Å². The van der Waals surface area contributed by atoms with E-state index in [1.807, 2.05) is 18.0 Å². The third-order valence-corrected chi connectivity index (χ3v) is 2.76. The maximum absolute atomic E-state index is 4.27. The number of hydrogen-bond acceptors (Lipinski definition) is 2. The van der Waals surface area contributed by atoms with Crippen LogP contribution in [0.1, 0.15) is 12.2 Å². The summed E-state index contributed by atoms with van der Waals surface area (Å²) in [6, 6.07) is 0. The van der Waals surface area contributed by atoms with Crippen molar-refractivity contribution in [1.29, 1.82) is 0 Å². The second kappa shape index (κ2) is 2.66. The van der Waals surface area contributed by atoms with Crippen molar-refractivity contribution in [1.82, 2.24) is 9.55 Å². The fourth-order valence-corrected chi connectivity index (χ4v) is 2.09. The van der Waals surface area contributed by atoms with E-state index in [0.29, 0.717) is 0 Å². The SMILES string of the molecule is c1cn2c(n1)CCCSC2. The van der Waals surface area contributed by atoms with E-state index in [4.69, 9.17) is 0 Å². The van der Waals surface area contributed by atoms with E-state index >= 15 is 0 Å². The predicted octanol–water partition coefficient (Wildman–Crippen LogP) is 1.52. The number of imidazole rings is 1. The molecule has 0 saturated carbocycles. The number of aromatic nitrogens is 2. The van der Waals surface area contributed by atoms with Gasteiger partial charge in [0, 0.05) is 18.8 Å². The Morgan fingerprint density at radius 1 is 1.60 bits per heavy atom. The highest BCUT2D eigenvalue weighted by atomic mass is 32.2. The van der Waals surface area contributed by atoms with Gasteiger partial charge >= 0.3 is 0 Å². The lowest BCUT2D eigenvalue weighted by molar-refractivity contribution is 0.773. The number of nitrogens with zero attached hydrogens (tertiary/aromatic N) is 2. The molecule has 0 fully saturated rings. The van der Waals surface area contributed by atoms with Gasteiger partial charge in [-0.3, -0.25) is 0 Å². The standard InChI is InChI=1S/C7H10N2S/c1-2-7-8-3-4-9(7)6-10-5-1/h3-4H,1-2,5-6H2. The number of hydrogen-bond donors (Lipinski definition) is 0. The van der Waals surface area contributed by atoms with Crippen molar-refractivity contribution < 1.29 is 0 Å². The summed E-state index contributed by atoms with van der Waals surface area (Å²) in [5.74, 6) is 3.63. The van der Waals surface area contributed by atoms with Crippen molar-refractivity contribution in [3.05, 3.63) is 18.2 Å². The second-order valence-electron chi connectivity index (χ2n) is 2.45. The normalized spacial score (nSPS) is 18.0. The number of aryl methyl sites for hydroxylation is 1. The molecule has 1 aromatic heterocycles. The highest BCUT2D eigenvalue weighted by molar-refractivity contribution is 7.98. The molecule has 0 amide bonds. The average Bonchev–Trinajstić information content (AvgIpc) is 2.28.